The fourth-order valence-electron chi connectivity index (χ4n) is 3.24. The highest BCUT2D eigenvalue weighted by molar-refractivity contribution is 7.18. The predicted molar refractivity (Wildman–Crippen MR) is 107 cm³/mol. The summed E-state index contributed by atoms with van der Waals surface area (Å²) in [6.07, 6.45) is 1.77. The molecule has 4 rings (SSSR count). The van der Waals surface area contributed by atoms with Crippen LogP contribution in [0.5, 0.6) is 11.5 Å². The molecule has 0 N–H and O–H groups in total. The molecule has 0 atom stereocenters. The first kappa shape index (κ1) is 18.5. The minimum atomic E-state index is -0.0851. The molecule has 1 aliphatic heterocycles. The van der Waals surface area contributed by atoms with Gasteiger partial charge in [0.15, 0.2) is 11.5 Å². The molecular weight excluding hydrogens is 378 g/mol. The molecule has 3 heterocycles. The minimum Gasteiger partial charge on any atom is -0.454 e. The number of rotatable bonds is 5. The van der Waals surface area contributed by atoms with E-state index in [1.807, 2.05) is 32.0 Å². The van der Waals surface area contributed by atoms with Gasteiger partial charge in [0.25, 0.3) is 5.56 Å². The Morgan fingerprint density at radius 1 is 1.29 bits per heavy atom. The second-order valence-electron chi connectivity index (χ2n) is 6.89. The lowest BCUT2D eigenvalue weighted by molar-refractivity contribution is -0.130. The summed E-state index contributed by atoms with van der Waals surface area (Å²) in [7, 11) is 1.75. The lowest BCUT2D eigenvalue weighted by Gasteiger charge is -2.18. The Labute approximate surface area is 166 Å². The van der Waals surface area contributed by atoms with Crippen molar-refractivity contribution in [2.75, 3.05) is 13.8 Å². The first-order valence-corrected chi connectivity index (χ1v) is 9.83. The third-order valence-corrected chi connectivity index (χ3v) is 6.12. The fourth-order valence-corrected chi connectivity index (χ4v) is 4.23. The number of amides is 1. The van der Waals surface area contributed by atoms with Crippen LogP contribution in [-0.2, 0) is 17.9 Å². The molecule has 1 aromatic carbocycles. The molecule has 8 heteroatoms. The van der Waals surface area contributed by atoms with Crippen molar-refractivity contribution >= 4 is 27.5 Å². The minimum absolute atomic E-state index is 0.0390. The van der Waals surface area contributed by atoms with Crippen molar-refractivity contribution in [2.45, 2.75) is 33.4 Å². The van der Waals surface area contributed by atoms with Gasteiger partial charge in [-0.25, -0.2) is 4.98 Å². The maximum Gasteiger partial charge on any atom is 0.262 e. The zero-order chi connectivity index (χ0) is 19.8. The Balaban J connectivity index is 1.42. The molecule has 2 aromatic heterocycles. The molecule has 7 nitrogen and oxygen atoms in total. The molecule has 0 fully saturated rings. The van der Waals surface area contributed by atoms with Crippen molar-refractivity contribution in [3.05, 3.63) is 50.9 Å². The summed E-state index contributed by atoms with van der Waals surface area (Å²) in [5.74, 6) is 1.38. The summed E-state index contributed by atoms with van der Waals surface area (Å²) in [6.45, 7) is 4.92. The van der Waals surface area contributed by atoms with Crippen LogP contribution in [-0.4, -0.2) is 34.2 Å². The number of fused-ring (bicyclic) bond motifs is 2. The van der Waals surface area contributed by atoms with Crippen LogP contribution in [0.4, 0.5) is 0 Å². The number of aryl methyl sites for hydroxylation is 3. The SMILES string of the molecule is Cc1sc2ncn(CCC(=O)N(C)Cc3ccc4c(c3)OCO4)c(=O)c2c1C. The fraction of sp³-hybridized carbons (Fsp3) is 0.350. The van der Waals surface area contributed by atoms with Gasteiger partial charge in [0, 0.05) is 31.4 Å². The third-order valence-electron chi connectivity index (χ3n) is 5.00. The molecule has 0 bridgehead atoms. The van der Waals surface area contributed by atoms with E-state index in [-0.39, 0.29) is 24.7 Å². The van der Waals surface area contributed by atoms with E-state index < -0.39 is 0 Å². The molecule has 0 unspecified atom stereocenters. The molecule has 0 radical (unpaired) electrons. The molecule has 0 spiro atoms. The van der Waals surface area contributed by atoms with Crippen LogP contribution in [0.1, 0.15) is 22.4 Å². The van der Waals surface area contributed by atoms with Crippen LogP contribution in [0.2, 0.25) is 0 Å². The number of benzene rings is 1. The quantitative estimate of drug-likeness (QED) is 0.660. The Kier molecular flexibility index (Phi) is 4.80. The number of ether oxygens (including phenoxy) is 2. The Morgan fingerprint density at radius 3 is 2.89 bits per heavy atom. The van der Waals surface area contributed by atoms with Crippen molar-refractivity contribution in [2.24, 2.45) is 0 Å². The van der Waals surface area contributed by atoms with Gasteiger partial charge < -0.3 is 14.4 Å². The van der Waals surface area contributed by atoms with Gasteiger partial charge in [0.2, 0.25) is 12.7 Å². The van der Waals surface area contributed by atoms with Gasteiger partial charge in [-0.05, 0) is 37.1 Å². The average Bonchev–Trinajstić information content (AvgIpc) is 3.25. The summed E-state index contributed by atoms with van der Waals surface area (Å²) in [6, 6.07) is 5.65. The standard InChI is InChI=1S/C20H21N3O4S/c1-12-13(2)28-19-18(12)20(25)23(10-21-19)7-6-17(24)22(3)9-14-4-5-15-16(8-14)27-11-26-15/h4-5,8,10H,6-7,9,11H2,1-3H3. The highest BCUT2D eigenvalue weighted by Crippen LogP contribution is 2.32. The second kappa shape index (κ2) is 7.27. The summed E-state index contributed by atoms with van der Waals surface area (Å²) in [5.41, 5.74) is 1.85. The Morgan fingerprint density at radius 2 is 2.07 bits per heavy atom. The first-order chi connectivity index (χ1) is 13.4. The maximum atomic E-state index is 12.7. The Hall–Kier alpha value is -2.87. The molecule has 0 saturated carbocycles. The monoisotopic (exact) mass is 399 g/mol. The van der Waals surface area contributed by atoms with Crippen LogP contribution < -0.4 is 15.0 Å². The number of carbonyl (C=O) groups excluding carboxylic acids is 1. The number of hydrogen-bond acceptors (Lipinski definition) is 6. The molecule has 1 amide bonds. The van der Waals surface area contributed by atoms with Gasteiger partial charge in [0.1, 0.15) is 4.83 Å². The summed E-state index contributed by atoms with van der Waals surface area (Å²) in [5, 5.41) is 0.658. The van der Waals surface area contributed by atoms with E-state index in [0.717, 1.165) is 26.6 Å². The van der Waals surface area contributed by atoms with Gasteiger partial charge >= 0.3 is 0 Å². The van der Waals surface area contributed by atoms with Crippen LogP contribution in [0.25, 0.3) is 10.2 Å². The molecule has 3 aromatic rings. The summed E-state index contributed by atoms with van der Waals surface area (Å²) >= 11 is 1.52. The van der Waals surface area contributed by atoms with E-state index in [1.54, 1.807) is 11.9 Å². The van der Waals surface area contributed by atoms with Crippen molar-refractivity contribution in [3.63, 3.8) is 0 Å². The van der Waals surface area contributed by atoms with Gasteiger partial charge in [-0.3, -0.25) is 14.2 Å². The van der Waals surface area contributed by atoms with E-state index in [1.165, 1.54) is 22.2 Å². The second-order valence-corrected chi connectivity index (χ2v) is 8.10. The molecule has 0 saturated heterocycles. The van der Waals surface area contributed by atoms with E-state index in [2.05, 4.69) is 4.98 Å². The van der Waals surface area contributed by atoms with Gasteiger partial charge in [-0.1, -0.05) is 6.07 Å². The smallest absolute Gasteiger partial charge is 0.262 e. The highest BCUT2D eigenvalue weighted by Gasteiger charge is 2.16. The van der Waals surface area contributed by atoms with Gasteiger partial charge in [-0.15, -0.1) is 11.3 Å². The van der Waals surface area contributed by atoms with Crippen LogP contribution in [0.15, 0.2) is 29.3 Å². The van der Waals surface area contributed by atoms with Crippen LogP contribution in [0.3, 0.4) is 0 Å². The lowest BCUT2D eigenvalue weighted by Crippen LogP contribution is -2.29. The van der Waals surface area contributed by atoms with Crippen molar-refractivity contribution < 1.29 is 14.3 Å². The van der Waals surface area contributed by atoms with Crippen molar-refractivity contribution in [1.29, 1.82) is 0 Å². The molecule has 0 aliphatic carbocycles. The molecule has 28 heavy (non-hydrogen) atoms. The lowest BCUT2D eigenvalue weighted by atomic mass is 10.2. The predicted octanol–water partition coefficient (Wildman–Crippen LogP) is 2.85. The number of thiophene rings is 1. The van der Waals surface area contributed by atoms with Crippen molar-refractivity contribution in [1.82, 2.24) is 14.5 Å². The number of aromatic nitrogens is 2. The third kappa shape index (κ3) is 3.35. The highest BCUT2D eigenvalue weighted by atomic mass is 32.1. The zero-order valence-corrected chi connectivity index (χ0v) is 16.8. The Bertz CT molecular complexity index is 1120. The molecular formula is C20H21N3O4S. The summed E-state index contributed by atoms with van der Waals surface area (Å²) in [4.78, 5) is 33.1. The topological polar surface area (TPSA) is 73.7 Å². The maximum absolute atomic E-state index is 12.7. The number of carbonyl (C=O) groups is 1. The van der Waals surface area contributed by atoms with E-state index in [9.17, 15) is 9.59 Å². The van der Waals surface area contributed by atoms with E-state index in [0.29, 0.717) is 24.2 Å². The van der Waals surface area contributed by atoms with Crippen molar-refractivity contribution in [3.8, 4) is 11.5 Å². The van der Waals surface area contributed by atoms with Crippen LogP contribution >= 0.6 is 11.3 Å². The number of nitrogens with zero attached hydrogens (tertiary/aromatic N) is 3. The van der Waals surface area contributed by atoms with Gasteiger partial charge in [-0.2, -0.15) is 0 Å². The molecule has 1 aliphatic rings. The normalized spacial score (nSPS) is 12.5. The van der Waals surface area contributed by atoms with E-state index >= 15 is 0 Å². The average molecular weight is 399 g/mol. The van der Waals surface area contributed by atoms with E-state index in [4.69, 9.17) is 9.47 Å². The first-order valence-electron chi connectivity index (χ1n) is 9.01. The van der Waals surface area contributed by atoms with Crippen LogP contribution in [0, 0.1) is 13.8 Å². The summed E-state index contributed by atoms with van der Waals surface area (Å²) < 4.78 is 12.2. The largest absolute Gasteiger partial charge is 0.454 e. The molecule has 146 valence electrons. The van der Waals surface area contributed by atoms with Gasteiger partial charge in [0.05, 0.1) is 11.7 Å². The zero-order valence-electron chi connectivity index (χ0n) is 16.0. The number of hydrogen-bond donors (Lipinski definition) is 0.